The molecule has 0 saturated carbocycles. The van der Waals surface area contributed by atoms with Crippen molar-refractivity contribution < 1.29 is 53.3 Å². The van der Waals surface area contributed by atoms with E-state index in [0.717, 1.165) is 11.6 Å². The van der Waals surface area contributed by atoms with Gasteiger partial charge in [-0.1, -0.05) is 13.2 Å². The van der Waals surface area contributed by atoms with Gasteiger partial charge < -0.3 is 44.2 Å². The molecule has 0 aliphatic carbocycles. The number of rotatable bonds is 7. The minimum absolute atomic E-state index is 0. The second kappa shape index (κ2) is 9.93. The molecule has 0 aromatic carbocycles. The summed E-state index contributed by atoms with van der Waals surface area (Å²) in [6, 6.07) is 0. The fraction of sp³-hybridized carbons (Fsp3) is 0.375. The summed E-state index contributed by atoms with van der Waals surface area (Å²) in [6.45, 7) is 12.0. The molecule has 0 aliphatic rings. The van der Waals surface area contributed by atoms with Gasteiger partial charge in [0.2, 0.25) is 0 Å². The van der Waals surface area contributed by atoms with Crippen LogP contribution in [0.2, 0.25) is 0 Å². The fourth-order valence-corrected chi connectivity index (χ4v) is 2.45. The van der Waals surface area contributed by atoms with E-state index in [1.807, 2.05) is 56.9 Å². The van der Waals surface area contributed by atoms with E-state index in [-0.39, 0.29) is 34.0 Å². The van der Waals surface area contributed by atoms with Gasteiger partial charge >= 0.3 is 0 Å². The van der Waals surface area contributed by atoms with Crippen molar-refractivity contribution in [2.24, 2.45) is 0 Å². The Balaban J connectivity index is 0.00000264. The van der Waals surface area contributed by atoms with Crippen molar-refractivity contribution in [2.45, 2.75) is 39.1 Å². The molecule has 2 aromatic rings. The zero-order valence-electron chi connectivity index (χ0n) is 13.9. The van der Waals surface area contributed by atoms with Gasteiger partial charge in [0.05, 0.1) is 12.4 Å². The van der Waals surface area contributed by atoms with Gasteiger partial charge in [-0.3, -0.25) is 0 Å². The zero-order chi connectivity index (χ0) is 16.3. The third-order valence-corrected chi connectivity index (χ3v) is 4.00. The van der Waals surface area contributed by atoms with Crippen molar-refractivity contribution in [1.82, 2.24) is 9.13 Å². The average molecular weight is 464 g/mol. The third kappa shape index (κ3) is 4.89. The maximum atomic E-state index is 10.2. The molecular formula is C16H24Br2N4O2. The summed E-state index contributed by atoms with van der Waals surface area (Å²) in [5, 5.41) is 20.5. The average Bonchev–Trinajstić information content (AvgIpc) is 3.03. The molecule has 0 saturated heterocycles. The summed E-state index contributed by atoms with van der Waals surface area (Å²) in [5.74, 6) is 1.89. The first-order chi connectivity index (χ1) is 10.5. The van der Waals surface area contributed by atoms with Crippen LogP contribution in [-0.4, -0.2) is 31.6 Å². The summed E-state index contributed by atoms with van der Waals surface area (Å²) in [7, 11) is 0. The van der Waals surface area contributed by atoms with Crippen molar-refractivity contribution >= 4 is 12.4 Å². The molecule has 24 heavy (non-hydrogen) atoms. The molecule has 0 amide bonds. The molecule has 0 spiro atoms. The molecule has 2 unspecified atom stereocenters. The number of aliphatic hydroxyl groups is 2. The number of halogens is 2. The van der Waals surface area contributed by atoms with Crippen molar-refractivity contribution in [3.8, 4) is 0 Å². The molecule has 2 aromatic heterocycles. The summed E-state index contributed by atoms with van der Waals surface area (Å²) >= 11 is 0. The highest BCUT2D eigenvalue weighted by atomic mass is 79.9. The highest BCUT2D eigenvalue weighted by molar-refractivity contribution is 5.17. The van der Waals surface area contributed by atoms with Gasteiger partial charge in [-0.2, -0.15) is 0 Å². The fourth-order valence-electron chi connectivity index (χ4n) is 2.45. The lowest BCUT2D eigenvalue weighted by Crippen LogP contribution is -3.00. The first kappa shape index (κ1) is 22.8. The molecule has 2 rings (SSSR count). The Bertz CT molecular complexity index is 623. The van der Waals surface area contributed by atoms with Gasteiger partial charge in [0.1, 0.15) is 50.1 Å². The van der Waals surface area contributed by atoms with Gasteiger partial charge in [-0.05, 0) is 0 Å². The smallest absolute Gasteiger partial charge is 0.258 e. The summed E-state index contributed by atoms with van der Waals surface area (Å²) < 4.78 is 7.51. The minimum atomic E-state index is -0.858. The second-order valence-electron chi connectivity index (χ2n) is 5.31. The molecular weight excluding hydrogens is 440 g/mol. The molecule has 0 radical (unpaired) electrons. The number of hydrogen-bond acceptors (Lipinski definition) is 2. The van der Waals surface area contributed by atoms with E-state index in [0.29, 0.717) is 13.1 Å². The summed E-state index contributed by atoms with van der Waals surface area (Å²) in [5.41, 5.74) is 0. The standard InChI is InChI=1S/C16H24N4O2.2BrH/c1-5-17-7-9-19(13(17)3)11-15(21)16(22)12-20-10-8-18(6-2)14(20)4;;/h5-10,15-16,21-22H,1-2,11-12H2,3-4H3;2*1H/q+2;;/p-2. The van der Waals surface area contributed by atoms with Crippen molar-refractivity contribution in [1.29, 1.82) is 0 Å². The normalized spacial score (nSPS) is 12.7. The van der Waals surface area contributed by atoms with E-state index in [1.54, 1.807) is 12.4 Å². The van der Waals surface area contributed by atoms with E-state index < -0.39 is 12.2 Å². The number of hydrogen-bond donors (Lipinski definition) is 2. The van der Waals surface area contributed by atoms with Gasteiger partial charge in [0.25, 0.3) is 11.6 Å². The van der Waals surface area contributed by atoms with Crippen LogP contribution in [0.3, 0.4) is 0 Å². The topological polar surface area (TPSA) is 58.1 Å². The van der Waals surface area contributed by atoms with Gasteiger partial charge in [-0.15, -0.1) is 0 Å². The van der Waals surface area contributed by atoms with Crippen LogP contribution < -0.4 is 43.1 Å². The Morgan fingerprint density at radius 1 is 0.917 bits per heavy atom. The Morgan fingerprint density at radius 2 is 1.25 bits per heavy atom. The van der Waals surface area contributed by atoms with E-state index >= 15 is 0 Å². The summed E-state index contributed by atoms with van der Waals surface area (Å²) in [6.07, 6.45) is 9.14. The molecule has 2 atom stereocenters. The lowest BCUT2D eigenvalue weighted by molar-refractivity contribution is -0.724. The number of nitrogens with zero attached hydrogens (tertiary/aromatic N) is 4. The van der Waals surface area contributed by atoms with Crippen LogP contribution >= 0.6 is 0 Å². The maximum Gasteiger partial charge on any atom is 0.258 e. The minimum Gasteiger partial charge on any atom is -1.00 e. The predicted molar refractivity (Wildman–Crippen MR) is 83.5 cm³/mol. The first-order valence-electron chi connectivity index (χ1n) is 7.23. The molecule has 6 nitrogen and oxygen atoms in total. The molecule has 0 bridgehead atoms. The molecule has 0 fully saturated rings. The van der Waals surface area contributed by atoms with Crippen molar-refractivity contribution in [2.75, 3.05) is 0 Å². The predicted octanol–water partition coefficient (Wildman–Crippen LogP) is -5.89. The molecule has 2 N–H and O–H groups in total. The SMILES string of the molecule is C=Cn1cc[n+](CC(O)C(O)C[n+]2ccn(C=C)c2C)c1C.[Br-].[Br-]. The van der Waals surface area contributed by atoms with Crippen LogP contribution in [0.1, 0.15) is 11.6 Å². The molecule has 134 valence electrons. The van der Waals surface area contributed by atoms with Crippen LogP contribution in [0.4, 0.5) is 0 Å². The highest BCUT2D eigenvalue weighted by Crippen LogP contribution is 2.00. The van der Waals surface area contributed by atoms with Crippen LogP contribution in [0, 0.1) is 13.8 Å². The Kier molecular flexibility index (Phi) is 9.42. The van der Waals surface area contributed by atoms with Crippen LogP contribution in [0.15, 0.2) is 37.9 Å². The molecule has 8 heteroatoms. The lowest BCUT2D eigenvalue weighted by Gasteiger charge is -2.15. The number of aliphatic hydroxyl groups excluding tert-OH is 2. The maximum absolute atomic E-state index is 10.2. The number of imidazole rings is 2. The van der Waals surface area contributed by atoms with E-state index in [1.165, 1.54) is 0 Å². The molecule has 2 heterocycles. The Hall–Kier alpha value is -1.22. The lowest BCUT2D eigenvalue weighted by atomic mass is 10.2. The van der Waals surface area contributed by atoms with E-state index in [2.05, 4.69) is 13.2 Å². The summed E-state index contributed by atoms with van der Waals surface area (Å²) in [4.78, 5) is 0. The van der Waals surface area contributed by atoms with Crippen LogP contribution in [-0.2, 0) is 13.1 Å². The van der Waals surface area contributed by atoms with Crippen LogP contribution in [0.25, 0.3) is 12.4 Å². The Labute approximate surface area is 163 Å². The van der Waals surface area contributed by atoms with E-state index in [4.69, 9.17) is 0 Å². The first-order valence-corrected chi connectivity index (χ1v) is 7.23. The number of aromatic nitrogens is 4. The van der Waals surface area contributed by atoms with Gasteiger partial charge in [-0.25, -0.2) is 18.3 Å². The van der Waals surface area contributed by atoms with Crippen molar-refractivity contribution in [3.05, 3.63) is 49.6 Å². The quantitative estimate of drug-likeness (QED) is 0.402. The van der Waals surface area contributed by atoms with Crippen LogP contribution in [0.5, 0.6) is 0 Å². The van der Waals surface area contributed by atoms with Gasteiger partial charge in [0, 0.05) is 13.8 Å². The second-order valence-corrected chi connectivity index (χ2v) is 5.31. The largest absolute Gasteiger partial charge is 1.00 e. The van der Waals surface area contributed by atoms with Gasteiger partial charge in [0.15, 0.2) is 0 Å². The third-order valence-electron chi connectivity index (χ3n) is 4.00. The van der Waals surface area contributed by atoms with Crippen molar-refractivity contribution in [3.63, 3.8) is 0 Å². The highest BCUT2D eigenvalue weighted by Gasteiger charge is 2.24. The monoisotopic (exact) mass is 462 g/mol. The zero-order valence-corrected chi connectivity index (χ0v) is 17.1. The Morgan fingerprint density at radius 3 is 1.50 bits per heavy atom. The van der Waals surface area contributed by atoms with E-state index in [9.17, 15) is 10.2 Å². The molecule has 0 aliphatic heterocycles.